The van der Waals surface area contributed by atoms with Crippen LogP contribution in [0.2, 0.25) is 0 Å². The van der Waals surface area contributed by atoms with E-state index in [1.54, 1.807) is 4.90 Å². The van der Waals surface area contributed by atoms with Gasteiger partial charge < -0.3 is 15.5 Å². The number of hydrogen-bond acceptors (Lipinski definition) is 3. The van der Waals surface area contributed by atoms with Gasteiger partial charge in [0.15, 0.2) is 0 Å². The van der Waals surface area contributed by atoms with E-state index in [-0.39, 0.29) is 29.9 Å². The number of nitrogens with zero attached hydrogens (tertiary/aromatic N) is 1. The highest BCUT2D eigenvalue weighted by Gasteiger charge is 2.34. The second-order valence-corrected chi connectivity index (χ2v) is 6.22. The fourth-order valence-corrected chi connectivity index (χ4v) is 2.95. The number of carbonyl (C=O) groups is 2. The van der Waals surface area contributed by atoms with Crippen LogP contribution in [0.1, 0.15) is 38.7 Å². The van der Waals surface area contributed by atoms with Crippen molar-refractivity contribution in [3.8, 4) is 0 Å². The van der Waals surface area contributed by atoms with E-state index >= 15 is 0 Å². The number of hydrogen-bond donors (Lipinski definition) is 2. The summed E-state index contributed by atoms with van der Waals surface area (Å²) in [5.41, 5.74) is -1.04. The van der Waals surface area contributed by atoms with E-state index in [0.29, 0.717) is 6.54 Å². The molecule has 1 atom stereocenters. The number of rotatable bonds is 4. The lowest BCUT2D eigenvalue weighted by molar-refractivity contribution is -0.137. The molecule has 0 bridgehead atoms. The van der Waals surface area contributed by atoms with Crippen molar-refractivity contribution in [2.45, 2.75) is 45.3 Å². The molecule has 2 rings (SSSR count). The van der Waals surface area contributed by atoms with Gasteiger partial charge in [-0.3, -0.25) is 9.59 Å². The lowest BCUT2D eigenvalue weighted by atomic mass is 10.0. The van der Waals surface area contributed by atoms with Crippen LogP contribution in [0.5, 0.6) is 0 Å². The van der Waals surface area contributed by atoms with E-state index in [2.05, 4.69) is 10.6 Å². The number of piperidine rings is 1. The zero-order valence-corrected chi connectivity index (χ0v) is 14.2. The van der Waals surface area contributed by atoms with Crippen LogP contribution >= 0.6 is 0 Å². The Labute approximate surface area is 144 Å². The summed E-state index contributed by atoms with van der Waals surface area (Å²) >= 11 is 0. The molecule has 1 aliphatic rings. The molecule has 1 saturated heterocycles. The molecule has 0 saturated carbocycles. The Bertz CT molecular complexity index is 647. The van der Waals surface area contributed by atoms with Crippen molar-refractivity contribution in [1.29, 1.82) is 0 Å². The summed E-state index contributed by atoms with van der Waals surface area (Å²) in [6.45, 7) is 3.60. The molecule has 1 heterocycles. The van der Waals surface area contributed by atoms with Crippen LogP contribution in [0, 0.1) is 0 Å². The van der Waals surface area contributed by atoms with Crippen LogP contribution in [0.4, 0.5) is 24.5 Å². The number of anilines is 2. The summed E-state index contributed by atoms with van der Waals surface area (Å²) in [6.07, 6.45) is -1.72. The third-order valence-corrected chi connectivity index (χ3v) is 4.20. The molecular formula is C17H22F3N3O2. The maximum Gasteiger partial charge on any atom is 0.418 e. The molecular weight excluding hydrogens is 335 g/mol. The summed E-state index contributed by atoms with van der Waals surface area (Å²) in [5.74, 6) is -0.672. The van der Waals surface area contributed by atoms with Crippen molar-refractivity contribution >= 4 is 23.2 Å². The third-order valence-electron chi connectivity index (χ3n) is 4.20. The molecule has 25 heavy (non-hydrogen) atoms. The van der Waals surface area contributed by atoms with E-state index in [9.17, 15) is 22.8 Å². The van der Waals surface area contributed by atoms with E-state index in [1.807, 2.05) is 6.92 Å². The van der Waals surface area contributed by atoms with Gasteiger partial charge in [0, 0.05) is 30.9 Å². The highest BCUT2D eigenvalue weighted by molar-refractivity contribution is 5.89. The topological polar surface area (TPSA) is 61.4 Å². The lowest BCUT2D eigenvalue weighted by Gasteiger charge is -2.33. The molecule has 0 spiro atoms. The van der Waals surface area contributed by atoms with Crippen LogP contribution in [0.25, 0.3) is 0 Å². The molecule has 0 aliphatic carbocycles. The van der Waals surface area contributed by atoms with E-state index in [4.69, 9.17) is 0 Å². The smallest absolute Gasteiger partial charge is 0.376 e. The van der Waals surface area contributed by atoms with Crippen molar-refractivity contribution in [3.05, 3.63) is 23.8 Å². The van der Waals surface area contributed by atoms with Gasteiger partial charge in [0.05, 0.1) is 12.1 Å². The summed E-state index contributed by atoms with van der Waals surface area (Å²) in [6, 6.07) is 3.55. The zero-order chi connectivity index (χ0) is 18.6. The van der Waals surface area contributed by atoms with E-state index < -0.39 is 17.6 Å². The quantitative estimate of drug-likeness (QED) is 0.867. The summed E-state index contributed by atoms with van der Waals surface area (Å²) in [4.78, 5) is 25.0. The van der Waals surface area contributed by atoms with Gasteiger partial charge in [-0.25, -0.2) is 0 Å². The SMILES string of the molecule is CC(=O)Nc1ccc(NCC(=O)N2CCCCC2C)c(C(F)(F)F)c1. The van der Waals surface area contributed by atoms with Crippen LogP contribution in [-0.2, 0) is 15.8 Å². The average molecular weight is 357 g/mol. The van der Waals surface area contributed by atoms with Crippen molar-refractivity contribution in [2.75, 3.05) is 23.7 Å². The Balaban J connectivity index is 2.12. The minimum atomic E-state index is -4.60. The molecule has 1 aromatic rings. The molecule has 1 unspecified atom stereocenters. The standard InChI is InChI=1S/C17H22F3N3O2/c1-11-5-3-4-8-23(11)16(25)10-21-15-7-6-13(22-12(2)24)9-14(15)17(18,19)20/h6-7,9,11,21H,3-5,8,10H2,1-2H3,(H,22,24). The molecule has 0 aromatic heterocycles. The number of carbonyl (C=O) groups excluding carboxylic acids is 2. The molecule has 8 heteroatoms. The first-order chi connectivity index (χ1) is 11.7. The molecule has 5 nitrogen and oxygen atoms in total. The maximum atomic E-state index is 13.3. The molecule has 1 fully saturated rings. The first kappa shape index (κ1) is 19.1. The molecule has 1 aromatic carbocycles. The number of benzene rings is 1. The number of likely N-dealkylation sites (tertiary alicyclic amines) is 1. The number of halogens is 3. The first-order valence-corrected chi connectivity index (χ1v) is 8.20. The Morgan fingerprint density at radius 2 is 2.00 bits per heavy atom. The number of nitrogens with one attached hydrogen (secondary N) is 2. The fraction of sp³-hybridized carbons (Fsp3) is 0.529. The van der Waals surface area contributed by atoms with E-state index in [0.717, 1.165) is 25.3 Å². The summed E-state index contributed by atoms with van der Waals surface area (Å²) < 4.78 is 39.8. The predicted molar refractivity (Wildman–Crippen MR) is 89.3 cm³/mol. The second kappa shape index (κ2) is 7.76. The molecule has 138 valence electrons. The number of alkyl halides is 3. The van der Waals surface area contributed by atoms with Gasteiger partial charge >= 0.3 is 6.18 Å². The predicted octanol–water partition coefficient (Wildman–Crippen LogP) is 3.48. The van der Waals surface area contributed by atoms with Gasteiger partial charge in [-0.15, -0.1) is 0 Å². The van der Waals surface area contributed by atoms with Crippen LogP contribution < -0.4 is 10.6 Å². The average Bonchev–Trinajstić information content (AvgIpc) is 2.52. The monoisotopic (exact) mass is 357 g/mol. The van der Waals surface area contributed by atoms with Gasteiger partial charge in [0.1, 0.15) is 0 Å². The van der Waals surface area contributed by atoms with Gasteiger partial charge in [-0.1, -0.05) is 0 Å². The molecule has 2 N–H and O–H groups in total. The normalized spacial score (nSPS) is 18.0. The fourth-order valence-electron chi connectivity index (χ4n) is 2.95. The van der Waals surface area contributed by atoms with Gasteiger partial charge in [0.2, 0.25) is 11.8 Å². The van der Waals surface area contributed by atoms with Crippen molar-refractivity contribution in [2.24, 2.45) is 0 Å². The lowest BCUT2D eigenvalue weighted by Crippen LogP contribution is -2.44. The highest BCUT2D eigenvalue weighted by atomic mass is 19.4. The Morgan fingerprint density at radius 3 is 2.60 bits per heavy atom. The van der Waals surface area contributed by atoms with Crippen LogP contribution in [0.3, 0.4) is 0 Å². The largest absolute Gasteiger partial charge is 0.418 e. The summed E-state index contributed by atoms with van der Waals surface area (Å²) in [7, 11) is 0. The van der Waals surface area contributed by atoms with Gasteiger partial charge in [-0.2, -0.15) is 13.2 Å². The molecule has 0 radical (unpaired) electrons. The van der Waals surface area contributed by atoms with Crippen molar-refractivity contribution < 1.29 is 22.8 Å². The maximum absolute atomic E-state index is 13.3. The minimum Gasteiger partial charge on any atom is -0.376 e. The third kappa shape index (κ3) is 5.11. The molecule has 1 aliphatic heterocycles. The van der Waals surface area contributed by atoms with Crippen molar-refractivity contribution in [3.63, 3.8) is 0 Å². The second-order valence-electron chi connectivity index (χ2n) is 6.22. The first-order valence-electron chi connectivity index (χ1n) is 8.20. The van der Waals surface area contributed by atoms with Crippen molar-refractivity contribution in [1.82, 2.24) is 4.90 Å². The van der Waals surface area contributed by atoms with Crippen LogP contribution in [0.15, 0.2) is 18.2 Å². The van der Waals surface area contributed by atoms with E-state index in [1.165, 1.54) is 19.1 Å². The zero-order valence-electron chi connectivity index (χ0n) is 14.2. The Hall–Kier alpha value is -2.25. The molecule has 2 amide bonds. The Morgan fingerprint density at radius 1 is 1.28 bits per heavy atom. The Kier molecular flexibility index (Phi) is 5.92. The van der Waals surface area contributed by atoms with Gasteiger partial charge in [-0.05, 0) is 44.4 Å². The van der Waals surface area contributed by atoms with Crippen LogP contribution in [-0.4, -0.2) is 35.8 Å². The summed E-state index contributed by atoms with van der Waals surface area (Å²) in [5, 5.41) is 4.92. The highest BCUT2D eigenvalue weighted by Crippen LogP contribution is 2.36. The van der Waals surface area contributed by atoms with Gasteiger partial charge in [0.25, 0.3) is 0 Å². The minimum absolute atomic E-state index is 0.0568. The number of amides is 2.